The molecule has 2 aromatic carbocycles. The maximum atomic E-state index is 5.78. The molecule has 0 radical (unpaired) electrons. The number of ether oxygens (including phenoxy) is 1. The number of rotatable bonds is 7. The van der Waals surface area contributed by atoms with E-state index in [-0.39, 0.29) is 12.1 Å². The monoisotopic (exact) mass is 335 g/mol. The van der Waals surface area contributed by atoms with Crippen LogP contribution in [0.25, 0.3) is 5.69 Å². The summed E-state index contributed by atoms with van der Waals surface area (Å²) in [6, 6.07) is 18.9. The van der Waals surface area contributed by atoms with Crippen molar-refractivity contribution < 1.29 is 4.74 Å². The fourth-order valence-electron chi connectivity index (χ4n) is 2.71. The first-order valence-corrected chi connectivity index (χ1v) is 8.71. The van der Waals surface area contributed by atoms with E-state index in [0.29, 0.717) is 0 Å². The van der Waals surface area contributed by atoms with Gasteiger partial charge < -0.3 is 10.1 Å². The van der Waals surface area contributed by atoms with E-state index in [0.717, 1.165) is 18.0 Å². The average Bonchev–Trinajstić information content (AvgIpc) is 3.14. The zero-order valence-electron chi connectivity index (χ0n) is 15.0. The lowest BCUT2D eigenvalue weighted by molar-refractivity contribution is 0.242. The summed E-state index contributed by atoms with van der Waals surface area (Å²) in [4.78, 5) is 0. The number of nitrogens with zero attached hydrogens (tertiary/aromatic N) is 2. The van der Waals surface area contributed by atoms with Crippen molar-refractivity contribution in [2.45, 2.75) is 39.5 Å². The van der Waals surface area contributed by atoms with Gasteiger partial charge in [0.15, 0.2) is 0 Å². The molecule has 0 saturated heterocycles. The van der Waals surface area contributed by atoms with E-state index in [1.807, 2.05) is 42.9 Å². The Morgan fingerprint density at radius 3 is 2.52 bits per heavy atom. The second kappa shape index (κ2) is 7.99. The molecule has 0 aliphatic carbocycles. The predicted octanol–water partition coefficient (Wildman–Crippen LogP) is 4.51. The Bertz CT molecular complexity index is 779. The normalized spacial score (nSPS) is 12.3. The Morgan fingerprint density at radius 2 is 1.84 bits per heavy atom. The van der Waals surface area contributed by atoms with Crippen LogP contribution in [-0.4, -0.2) is 15.9 Å². The van der Waals surface area contributed by atoms with Crippen molar-refractivity contribution in [3.8, 4) is 11.4 Å². The fourth-order valence-corrected chi connectivity index (χ4v) is 2.71. The minimum atomic E-state index is 0.187. The van der Waals surface area contributed by atoms with Gasteiger partial charge >= 0.3 is 0 Å². The third kappa shape index (κ3) is 4.70. The second-order valence-corrected chi connectivity index (χ2v) is 6.46. The van der Waals surface area contributed by atoms with E-state index in [4.69, 9.17) is 4.74 Å². The van der Waals surface area contributed by atoms with Gasteiger partial charge in [-0.3, -0.25) is 0 Å². The zero-order valence-corrected chi connectivity index (χ0v) is 15.0. The first-order chi connectivity index (χ1) is 12.1. The molecule has 1 aromatic heterocycles. The van der Waals surface area contributed by atoms with Crippen LogP contribution in [0.4, 0.5) is 0 Å². The molecule has 0 aliphatic rings. The van der Waals surface area contributed by atoms with Crippen LogP contribution in [-0.2, 0) is 6.54 Å². The zero-order chi connectivity index (χ0) is 17.6. The van der Waals surface area contributed by atoms with Crippen LogP contribution < -0.4 is 10.1 Å². The topological polar surface area (TPSA) is 39.1 Å². The van der Waals surface area contributed by atoms with Crippen molar-refractivity contribution in [1.29, 1.82) is 0 Å². The number of nitrogens with one attached hydrogen (secondary N) is 1. The smallest absolute Gasteiger partial charge is 0.120 e. The van der Waals surface area contributed by atoms with Gasteiger partial charge in [0, 0.05) is 25.0 Å². The molecule has 0 saturated carbocycles. The summed E-state index contributed by atoms with van der Waals surface area (Å²) in [6.45, 7) is 7.07. The Kier molecular flexibility index (Phi) is 5.51. The van der Waals surface area contributed by atoms with Crippen molar-refractivity contribution in [1.82, 2.24) is 15.1 Å². The Labute approximate surface area is 149 Å². The van der Waals surface area contributed by atoms with Crippen molar-refractivity contribution in [3.63, 3.8) is 0 Å². The third-order valence-corrected chi connectivity index (χ3v) is 4.05. The number of aromatic nitrogens is 2. The van der Waals surface area contributed by atoms with Crippen LogP contribution in [0, 0.1) is 0 Å². The van der Waals surface area contributed by atoms with Gasteiger partial charge in [-0.2, -0.15) is 5.10 Å². The highest BCUT2D eigenvalue weighted by Crippen LogP contribution is 2.20. The molecule has 1 unspecified atom stereocenters. The first-order valence-electron chi connectivity index (χ1n) is 8.71. The van der Waals surface area contributed by atoms with E-state index >= 15 is 0 Å². The summed E-state index contributed by atoms with van der Waals surface area (Å²) in [6.07, 6.45) is 3.92. The molecule has 25 heavy (non-hydrogen) atoms. The second-order valence-electron chi connectivity index (χ2n) is 6.46. The van der Waals surface area contributed by atoms with Crippen LogP contribution in [0.1, 0.15) is 37.9 Å². The molecule has 3 aromatic rings. The highest BCUT2D eigenvalue weighted by molar-refractivity contribution is 5.34. The Morgan fingerprint density at radius 1 is 1.04 bits per heavy atom. The largest absolute Gasteiger partial charge is 0.491 e. The van der Waals surface area contributed by atoms with Gasteiger partial charge in [0.25, 0.3) is 0 Å². The molecule has 0 fully saturated rings. The molecule has 4 nitrogen and oxygen atoms in total. The van der Waals surface area contributed by atoms with Crippen molar-refractivity contribution in [2.75, 3.05) is 0 Å². The summed E-state index contributed by atoms with van der Waals surface area (Å²) in [5, 5.41) is 7.82. The molecule has 3 rings (SSSR count). The van der Waals surface area contributed by atoms with Gasteiger partial charge in [-0.05, 0) is 62.2 Å². The number of benzene rings is 2. The third-order valence-electron chi connectivity index (χ3n) is 4.05. The van der Waals surface area contributed by atoms with Gasteiger partial charge in [-0.25, -0.2) is 4.68 Å². The highest BCUT2D eigenvalue weighted by Gasteiger charge is 2.07. The van der Waals surface area contributed by atoms with Crippen LogP contribution in [0.2, 0.25) is 0 Å². The molecule has 0 amide bonds. The summed E-state index contributed by atoms with van der Waals surface area (Å²) in [5.74, 6) is 0.921. The predicted molar refractivity (Wildman–Crippen MR) is 101 cm³/mol. The van der Waals surface area contributed by atoms with E-state index in [1.165, 1.54) is 11.1 Å². The summed E-state index contributed by atoms with van der Waals surface area (Å²) < 4.78 is 7.64. The molecule has 1 heterocycles. The van der Waals surface area contributed by atoms with Crippen molar-refractivity contribution in [3.05, 3.63) is 78.1 Å². The first kappa shape index (κ1) is 17.2. The van der Waals surface area contributed by atoms with E-state index in [2.05, 4.69) is 53.7 Å². The Balaban J connectivity index is 1.59. The van der Waals surface area contributed by atoms with Crippen LogP contribution in [0.5, 0.6) is 5.75 Å². The standard InChI is InChI=1S/C21H25N3O/c1-16(2)25-21-7-4-6-19(14-21)17(3)22-15-18-8-10-20(11-9-18)24-13-5-12-23-24/h4-14,16-17,22H,15H2,1-3H3. The molecular weight excluding hydrogens is 310 g/mol. The lowest BCUT2D eigenvalue weighted by Gasteiger charge is -2.17. The van der Waals surface area contributed by atoms with Gasteiger partial charge in [-0.1, -0.05) is 24.3 Å². The van der Waals surface area contributed by atoms with Crippen LogP contribution in [0.15, 0.2) is 67.0 Å². The quantitative estimate of drug-likeness (QED) is 0.690. The van der Waals surface area contributed by atoms with E-state index < -0.39 is 0 Å². The SMILES string of the molecule is CC(C)Oc1cccc(C(C)NCc2ccc(-n3cccn3)cc2)c1. The maximum absolute atomic E-state index is 5.78. The highest BCUT2D eigenvalue weighted by atomic mass is 16.5. The average molecular weight is 335 g/mol. The van der Waals surface area contributed by atoms with Crippen molar-refractivity contribution >= 4 is 0 Å². The maximum Gasteiger partial charge on any atom is 0.120 e. The number of hydrogen-bond donors (Lipinski definition) is 1. The summed E-state index contributed by atoms with van der Waals surface area (Å²) >= 11 is 0. The summed E-state index contributed by atoms with van der Waals surface area (Å²) in [5.41, 5.74) is 3.55. The lowest BCUT2D eigenvalue weighted by atomic mass is 10.1. The molecule has 1 atom stereocenters. The number of hydrogen-bond acceptors (Lipinski definition) is 3. The van der Waals surface area contributed by atoms with Gasteiger partial charge in [0.05, 0.1) is 11.8 Å². The van der Waals surface area contributed by atoms with Crippen LogP contribution in [0.3, 0.4) is 0 Å². The molecule has 0 bridgehead atoms. The van der Waals surface area contributed by atoms with Gasteiger partial charge in [0.2, 0.25) is 0 Å². The summed E-state index contributed by atoms with van der Waals surface area (Å²) in [7, 11) is 0. The molecule has 4 heteroatoms. The molecule has 0 spiro atoms. The fraction of sp³-hybridized carbons (Fsp3) is 0.286. The molecular formula is C21H25N3O. The minimum Gasteiger partial charge on any atom is -0.491 e. The van der Waals surface area contributed by atoms with Crippen LogP contribution >= 0.6 is 0 Å². The minimum absolute atomic E-state index is 0.187. The lowest BCUT2D eigenvalue weighted by Crippen LogP contribution is -2.18. The van der Waals surface area contributed by atoms with E-state index in [9.17, 15) is 0 Å². The van der Waals surface area contributed by atoms with E-state index in [1.54, 1.807) is 6.20 Å². The molecule has 130 valence electrons. The Hall–Kier alpha value is -2.59. The van der Waals surface area contributed by atoms with Gasteiger partial charge in [-0.15, -0.1) is 0 Å². The molecule has 1 N–H and O–H groups in total. The van der Waals surface area contributed by atoms with Crippen molar-refractivity contribution in [2.24, 2.45) is 0 Å². The molecule has 0 aliphatic heterocycles. The van der Waals surface area contributed by atoms with Gasteiger partial charge in [0.1, 0.15) is 5.75 Å².